The highest BCUT2D eigenvalue weighted by Crippen LogP contribution is 2.53. The van der Waals surface area contributed by atoms with Gasteiger partial charge in [-0.1, -0.05) is 52.7 Å². The molecule has 206 valence electrons. The number of benzene rings is 1. The predicted octanol–water partition coefficient (Wildman–Crippen LogP) is 6.65. The first-order valence-corrected chi connectivity index (χ1v) is 14.1. The first-order chi connectivity index (χ1) is 17.7. The van der Waals surface area contributed by atoms with E-state index in [9.17, 15) is 19.5 Å². The predicted molar refractivity (Wildman–Crippen MR) is 145 cm³/mol. The molecular weight excluding hydrogens is 495 g/mol. The molecule has 9 nitrogen and oxygen atoms in total. The van der Waals surface area contributed by atoms with Crippen LogP contribution in [0.5, 0.6) is 0 Å². The monoisotopic (exact) mass is 536 g/mol. The van der Waals surface area contributed by atoms with Gasteiger partial charge in [-0.15, -0.1) is 0 Å². The Kier molecular flexibility index (Phi) is 11.5. The lowest BCUT2D eigenvalue weighted by atomic mass is 9.80. The Hall–Kier alpha value is -2.48. The van der Waals surface area contributed by atoms with Gasteiger partial charge < -0.3 is 14.0 Å². The van der Waals surface area contributed by atoms with E-state index in [1.54, 1.807) is 31.0 Å². The summed E-state index contributed by atoms with van der Waals surface area (Å²) in [7, 11) is -0.349. The third-order valence-electron chi connectivity index (χ3n) is 6.79. The maximum absolute atomic E-state index is 13.5. The van der Waals surface area contributed by atoms with E-state index in [0.717, 1.165) is 25.7 Å². The normalized spacial score (nSPS) is 20.0. The minimum absolute atomic E-state index is 0.111. The molecule has 4 unspecified atom stereocenters. The Labute approximate surface area is 221 Å². The molecule has 0 saturated carbocycles. The van der Waals surface area contributed by atoms with Crippen molar-refractivity contribution in [2.24, 2.45) is 0 Å². The number of esters is 1. The lowest BCUT2D eigenvalue weighted by molar-refractivity contribution is -0.385. The van der Waals surface area contributed by atoms with Crippen LogP contribution < -0.4 is 0 Å². The van der Waals surface area contributed by atoms with Crippen LogP contribution in [-0.4, -0.2) is 35.3 Å². The molecule has 0 saturated heterocycles. The van der Waals surface area contributed by atoms with Crippen molar-refractivity contribution in [2.75, 3.05) is 7.11 Å². The van der Waals surface area contributed by atoms with Crippen LogP contribution in [-0.2, 0) is 29.3 Å². The molecule has 1 aliphatic heterocycles. The molecule has 4 atom stereocenters. The van der Waals surface area contributed by atoms with Crippen molar-refractivity contribution in [1.82, 2.24) is 5.06 Å². The van der Waals surface area contributed by atoms with Crippen molar-refractivity contribution in [1.29, 1.82) is 0 Å². The van der Waals surface area contributed by atoms with E-state index in [0.29, 0.717) is 35.1 Å². The summed E-state index contributed by atoms with van der Waals surface area (Å²) in [5, 5.41) is 13.6. The zero-order chi connectivity index (χ0) is 27.8. The first-order valence-electron chi connectivity index (χ1n) is 13.0. The molecule has 0 spiro atoms. The summed E-state index contributed by atoms with van der Waals surface area (Å²) in [5.74, 6) is -0.676. The van der Waals surface area contributed by atoms with E-state index in [1.807, 2.05) is 20.8 Å². The molecule has 0 fully saturated rings. The number of hydroxylamine groups is 2. The second kappa shape index (κ2) is 13.9. The fraction of sp³-hybridized carbons (Fsp3) is 0.593. The summed E-state index contributed by atoms with van der Waals surface area (Å²) in [5.41, 5.74) is -0.339. The molecular formula is C27H41N2O7P. The topological polar surface area (TPSA) is 108 Å². The van der Waals surface area contributed by atoms with Gasteiger partial charge in [0.25, 0.3) is 5.69 Å². The summed E-state index contributed by atoms with van der Waals surface area (Å²) < 4.78 is 25.1. The molecule has 10 heteroatoms. The lowest BCUT2D eigenvalue weighted by Gasteiger charge is -2.46. The number of carbonyl (C=O) groups excluding carboxylic acids is 1. The quantitative estimate of drug-likeness (QED) is 0.113. The summed E-state index contributed by atoms with van der Waals surface area (Å²) >= 11 is 0. The minimum Gasteiger partial charge on any atom is -0.466 e. The van der Waals surface area contributed by atoms with Crippen molar-refractivity contribution >= 4 is 20.1 Å². The standard InChI is InChI=1S/C27H41N2O7P/c1-8-13-22(10-3)35-27(20-15-12-16-21(17-20)29(31)32)24(26(30)34-7)18(5)28(19(6)25(27)37-33)36-23(11-4)14-9-2/h12,15-17,22-23H,8-11,13-14,37H2,1-7H3. The lowest BCUT2D eigenvalue weighted by Crippen LogP contribution is -2.47. The molecule has 37 heavy (non-hydrogen) atoms. The Morgan fingerprint density at radius 3 is 2.22 bits per heavy atom. The smallest absolute Gasteiger partial charge is 0.339 e. The Balaban J connectivity index is 2.98. The van der Waals surface area contributed by atoms with Gasteiger partial charge in [-0.2, -0.15) is 0 Å². The molecule has 0 aliphatic carbocycles. The van der Waals surface area contributed by atoms with Gasteiger partial charge in [0, 0.05) is 23.0 Å². The van der Waals surface area contributed by atoms with Crippen LogP contribution in [0.15, 0.2) is 46.5 Å². The van der Waals surface area contributed by atoms with E-state index in [1.165, 1.54) is 19.2 Å². The third-order valence-corrected chi connectivity index (χ3v) is 7.85. The molecule has 1 aromatic rings. The number of nitro benzene ring substituents is 1. The van der Waals surface area contributed by atoms with Crippen molar-refractivity contribution in [3.63, 3.8) is 0 Å². The maximum Gasteiger partial charge on any atom is 0.339 e. The van der Waals surface area contributed by atoms with Crippen LogP contribution in [0.2, 0.25) is 0 Å². The average Bonchev–Trinajstić information content (AvgIpc) is 2.89. The van der Waals surface area contributed by atoms with E-state index in [4.69, 9.17) is 14.3 Å². The van der Waals surface area contributed by atoms with Crippen molar-refractivity contribution in [3.05, 3.63) is 62.2 Å². The number of ether oxygens (including phenoxy) is 2. The highest BCUT2D eigenvalue weighted by molar-refractivity contribution is 7.29. The maximum atomic E-state index is 13.5. The highest BCUT2D eigenvalue weighted by Gasteiger charge is 2.52. The number of non-ortho nitro benzene ring substituents is 1. The van der Waals surface area contributed by atoms with Gasteiger partial charge in [0.05, 0.1) is 49.7 Å². The van der Waals surface area contributed by atoms with E-state index >= 15 is 0 Å². The minimum atomic E-state index is -1.63. The van der Waals surface area contributed by atoms with Gasteiger partial charge in [-0.3, -0.25) is 15.0 Å². The fourth-order valence-corrected chi connectivity index (χ4v) is 5.71. The summed E-state index contributed by atoms with van der Waals surface area (Å²) in [6, 6.07) is 5.99. The first kappa shape index (κ1) is 30.7. The fourth-order valence-electron chi connectivity index (χ4n) is 4.88. The van der Waals surface area contributed by atoms with Gasteiger partial charge in [0.1, 0.15) is 0 Å². The number of rotatable bonds is 14. The molecule has 1 heterocycles. The molecule has 0 bridgehead atoms. The number of hydrogen-bond acceptors (Lipinski definition) is 8. The van der Waals surface area contributed by atoms with Crippen LogP contribution in [0.4, 0.5) is 5.69 Å². The Morgan fingerprint density at radius 2 is 1.70 bits per heavy atom. The zero-order valence-electron chi connectivity index (χ0n) is 23.0. The van der Waals surface area contributed by atoms with Crippen molar-refractivity contribution in [3.8, 4) is 0 Å². The molecule has 0 radical (unpaired) electrons. The zero-order valence-corrected chi connectivity index (χ0v) is 24.2. The van der Waals surface area contributed by atoms with Crippen LogP contribution in [0.1, 0.15) is 85.6 Å². The molecule has 2 rings (SSSR count). The van der Waals surface area contributed by atoms with Gasteiger partial charge in [-0.25, -0.2) is 9.86 Å². The third kappa shape index (κ3) is 6.33. The SMILES string of the molecule is CCCC(CC)ON1C(C)=C([PH2]=O)C(OC(CC)CCC)(c2cccc([N+](=O)[O-])c2)C(C(=O)OC)=C1C. The van der Waals surface area contributed by atoms with Crippen LogP contribution in [0, 0.1) is 10.1 Å². The summed E-state index contributed by atoms with van der Waals surface area (Å²) in [4.78, 5) is 31.1. The number of carbonyl (C=O) groups is 1. The van der Waals surface area contributed by atoms with Gasteiger partial charge in [-0.05, 0) is 39.5 Å². The molecule has 1 aromatic carbocycles. The number of allylic oxidation sites excluding steroid dienone is 2. The second-order valence-corrected chi connectivity index (χ2v) is 10.0. The van der Waals surface area contributed by atoms with Crippen LogP contribution in [0.3, 0.4) is 0 Å². The van der Waals surface area contributed by atoms with Gasteiger partial charge in [0.2, 0.25) is 0 Å². The number of nitrogens with zero attached hydrogens (tertiary/aromatic N) is 2. The summed E-state index contributed by atoms with van der Waals surface area (Å²) in [6.07, 6.45) is 4.20. The summed E-state index contributed by atoms with van der Waals surface area (Å²) in [6.45, 7) is 11.6. The van der Waals surface area contributed by atoms with Gasteiger partial charge >= 0.3 is 5.97 Å². The van der Waals surface area contributed by atoms with Crippen molar-refractivity contribution in [2.45, 2.75) is 97.9 Å². The van der Waals surface area contributed by atoms with Gasteiger partial charge in [0.15, 0.2) is 5.60 Å². The van der Waals surface area contributed by atoms with E-state index in [2.05, 4.69) is 6.92 Å². The molecule has 0 amide bonds. The van der Waals surface area contributed by atoms with Crippen LogP contribution >= 0.6 is 8.46 Å². The molecule has 1 aliphatic rings. The van der Waals surface area contributed by atoms with E-state index in [-0.39, 0.29) is 23.5 Å². The number of hydrogen-bond donors (Lipinski definition) is 0. The Bertz CT molecular complexity index is 1050. The molecule has 0 aromatic heterocycles. The highest BCUT2D eigenvalue weighted by atomic mass is 31.1. The Morgan fingerprint density at radius 1 is 1.08 bits per heavy atom. The second-order valence-electron chi connectivity index (χ2n) is 9.21. The van der Waals surface area contributed by atoms with Crippen LogP contribution in [0.25, 0.3) is 0 Å². The largest absolute Gasteiger partial charge is 0.466 e. The van der Waals surface area contributed by atoms with E-state index < -0.39 is 25.0 Å². The number of nitro groups is 1. The number of methoxy groups -OCH3 is 1. The van der Waals surface area contributed by atoms with Crippen molar-refractivity contribution < 1.29 is 28.6 Å². The molecule has 0 N–H and O–H groups in total. The average molecular weight is 537 g/mol.